The molecule has 0 atom stereocenters. The third-order valence-corrected chi connectivity index (χ3v) is 3.65. The van der Waals surface area contributed by atoms with Gasteiger partial charge in [0.25, 0.3) is 20.2 Å². The van der Waals surface area contributed by atoms with E-state index in [1.54, 1.807) is 6.07 Å². The van der Waals surface area contributed by atoms with Crippen LogP contribution in [0.1, 0.15) is 10.4 Å². The van der Waals surface area contributed by atoms with Crippen molar-refractivity contribution in [3.63, 3.8) is 0 Å². The average molecular weight is 297 g/mol. The van der Waals surface area contributed by atoms with Gasteiger partial charge in [0.15, 0.2) is 0 Å². The fourth-order valence-corrected chi connectivity index (χ4v) is 3.06. The Labute approximate surface area is 101 Å². The molecule has 1 aromatic carbocycles. The van der Waals surface area contributed by atoms with Crippen molar-refractivity contribution in [2.75, 3.05) is 0 Å². The van der Waals surface area contributed by atoms with Crippen molar-refractivity contribution >= 4 is 26.2 Å². The molecule has 99 valence electrons. The number of rotatable bonds is 3. The zero-order valence-electron chi connectivity index (χ0n) is 8.22. The van der Waals surface area contributed by atoms with Crippen LogP contribution >= 0.6 is 0 Å². The summed E-state index contributed by atoms with van der Waals surface area (Å²) in [7, 11) is -10.5. The first kappa shape index (κ1) is 14.4. The van der Waals surface area contributed by atoms with E-state index in [0.29, 0.717) is 6.07 Å². The van der Waals surface area contributed by atoms with Gasteiger partial charge in [0, 0.05) is 6.07 Å². The molecule has 4 N–H and O–H groups in total. The van der Waals surface area contributed by atoms with Crippen molar-refractivity contribution in [1.29, 1.82) is 0 Å². The van der Waals surface area contributed by atoms with E-state index in [4.69, 9.17) is 19.3 Å². The van der Waals surface area contributed by atoms with Gasteiger partial charge in [0.2, 0.25) is 0 Å². The summed E-state index contributed by atoms with van der Waals surface area (Å²) in [6, 6.07) is 2.09. The van der Waals surface area contributed by atoms with Gasteiger partial charge in [-0.2, -0.15) is 16.8 Å². The maximum absolute atomic E-state index is 11.0. The molecule has 0 aliphatic heterocycles. The number of carboxylic acids is 1. The Bertz CT molecular complexity index is 714. The third-order valence-electron chi connectivity index (χ3n) is 1.76. The number of aromatic hydroxyl groups is 1. The summed E-state index contributed by atoms with van der Waals surface area (Å²) in [6.45, 7) is 0. The van der Waals surface area contributed by atoms with Crippen LogP contribution in [0, 0.1) is 6.07 Å². The van der Waals surface area contributed by atoms with E-state index in [1.807, 2.05) is 0 Å². The number of benzene rings is 1. The number of hydrogen-bond acceptors (Lipinski definition) is 6. The van der Waals surface area contributed by atoms with Gasteiger partial charge < -0.3 is 10.2 Å². The van der Waals surface area contributed by atoms with Gasteiger partial charge in [-0.1, -0.05) is 0 Å². The third kappa shape index (κ3) is 2.59. The van der Waals surface area contributed by atoms with Crippen LogP contribution in [-0.4, -0.2) is 42.1 Å². The quantitative estimate of drug-likeness (QED) is 0.532. The molecular formula is C7H5O9S2. The smallest absolute Gasteiger partial charge is 0.340 e. The molecule has 0 saturated carbocycles. The Morgan fingerprint density at radius 2 is 1.61 bits per heavy atom. The van der Waals surface area contributed by atoms with Crippen LogP contribution in [0.3, 0.4) is 0 Å². The summed E-state index contributed by atoms with van der Waals surface area (Å²) < 4.78 is 61.2. The molecule has 0 unspecified atom stereocenters. The zero-order valence-corrected chi connectivity index (χ0v) is 9.86. The minimum Gasteiger partial charge on any atom is -0.507 e. The zero-order chi connectivity index (χ0) is 14.3. The standard InChI is InChI=1S/C7H5O9S2/c8-3-1-2-4(17(11,12)13)6(18(14,15)16)5(3)7(9)10/h1,8H,(H,9,10)(H,11,12,13)(H,14,15,16). The summed E-state index contributed by atoms with van der Waals surface area (Å²) in [6.07, 6.45) is 0. The average Bonchev–Trinajstić information content (AvgIpc) is 2.12. The summed E-state index contributed by atoms with van der Waals surface area (Å²) in [4.78, 5) is 7.62. The van der Waals surface area contributed by atoms with Gasteiger partial charge in [-0.15, -0.1) is 0 Å². The van der Waals surface area contributed by atoms with Crippen molar-refractivity contribution in [3.8, 4) is 5.75 Å². The topological polar surface area (TPSA) is 166 Å². The van der Waals surface area contributed by atoms with Gasteiger partial charge in [0.1, 0.15) is 21.1 Å². The van der Waals surface area contributed by atoms with E-state index < -0.39 is 47.3 Å². The van der Waals surface area contributed by atoms with E-state index in [0.717, 1.165) is 0 Å². The summed E-state index contributed by atoms with van der Waals surface area (Å²) in [5.41, 5.74) is -1.39. The van der Waals surface area contributed by atoms with Crippen molar-refractivity contribution in [1.82, 2.24) is 0 Å². The number of phenols is 1. The predicted octanol–water partition coefficient (Wildman–Crippen LogP) is -0.616. The first-order valence-corrected chi connectivity index (χ1v) is 6.80. The molecule has 11 heteroatoms. The molecule has 0 aliphatic rings. The van der Waals surface area contributed by atoms with Crippen LogP contribution in [0.15, 0.2) is 15.9 Å². The van der Waals surface area contributed by atoms with Crippen molar-refractivity contribution in [3.05, 3.63) is 17.7 Å². The van der Waals surface area contributed by atoms with E-state index in [9.17, 15) is 21.6 Å². The molecule has 0 aliphatic carbocycles. The lowest BCUT2D eigenvalue weighted by Crippen LogP contribution is -2.14. The lowest BCUT2D eigenvalue weighted by Gasteiger charge is -2.08. The second kappa shape index (κ2) is 4.20. The second-order valence-corrected chi connectivity index (χ2v) is 5.68. The number of hydrogen-bond donors (Lipinski definition) is 4. The summed E-state index contributed by atoms with van der Waals surface area (Å²) in [5, 5.41) is 17.8. The molecule has 1 radical (unpaired) electrons. The second-order valence-electron chi connectivity index (χ2n) is 2.96. The normalized spacial score (nSPS) is 12.3. The maximum atomic E-state index is 11.0. The summed E-state index contributed by atoms with van der Waals surface area (Å²) >= 11 is 0. The first-order chi connectivity index (χ1) is 7.96. The van der Waals surface area contributed by atoms with Crippen molar-refractivity contribution in [2.24, 2.45) is 0 Å². The molecule has 0 amide bonds. The molecule has 9 nitrogen and oxygen atoms in total. The monoisotopic (exact) mass is 297 g/mol. The highest BCUT2D eigenvalue weighted by atomic mass is 32.2. The van der Waals surface area contributed by atoms with Crippen LogP contribution in [0.5, 0.6) is 5.75 Å². The van der Waals surface area contributed by atoms with Crippen LogP contribution < -0.4 is 0 Å². The Kier molecular flexibility index (Phi) is 3.36. The summed E-state index contributed by atoms with van der Waals surface area (Å²) in [5.74, 6) is -3.15. The van der Waals surface area contributed by atoms with Crippen LogP contribution in [0.4, 0.5) is 0 Å². The molecule has 18 heavy (non-hydrogen) atoms. The van der Waals surface area contributed by atoms with E-state index in [2.05, 4.69) is 0 Å². The van der Waals surface area contributed by atoms with E-state index in [1.165, 1.54) is 0 Å². The Balaban J connectivity index is 4.03. The first-order valence-electron chi connectivity index (χ1n) is 3.92. The SMILES string of the molecule is O=C(O)c1c(O)c[c]c(S(=O)(=O)O)c1S(=O)(=O)O. The molecule has 0 bridgehead atoms. The van der Waals surface area contributed by atoms with Gasteiger partial charge >= 0.3 is 5.97 Å². The number of carbonyl (C=O) groups is 1. The fourth-order valence-electron chi connectivity index (χ4n) is 1.15. The van der Waals surface area contributed by atoms with Gasteiger partial charge in [-0.25, -0.2) is 4.79 Å². The van der Waals surface area contributed by atoms with Gasteiger partial charge in [0.05, 0.1) is 0 Å². The fraction of sp³-hybridized carbons (Fsp3) is 0. The lowest BCUT2D eigenvalue weighted by atomic mass is 10.2. The lowest BCUT2D eigenvalue weighted by molar-refractivity contribution is 0.0688. The minimum absolute atomic E-state index is 0.432. The Morgan fingerprint density at radius 1 is 1.11 bits per heavy atom. The van der Waals surface area contributed by atoms with Gasteiger partial charge in [-0.3, -0.25) is 9.11 Å². The molecule has 0 heterocycles. The molecule has 1 rings (SSSR count). The molecule has 1 aromatic rings. The minimum atomic E-state index is -5.33. The van der Waals surface area contributed by atoms with E-state index in [-0.39, 0.29) is 0 Å². The molecular weight excluding hydrogens is 292 g/mol. The molecule has 0 fully saturated rings. The molecule has 0 spiro atoms. The highest BCUT2D eigenvalue weighted by molar-refractivity contribution is 7.89. The maximum Gasteiger partial charge on any atom is 0.340 e. The Hall–Kier alpha value is -1.69. The van der Waals surface area contributed by atoms with Crippen LogP contribution in [0.25, 0.3) is 0 Å². The predicted molar refractivity (Wildman–Crippen MR) is 53.5 cm³/mol. The van der Waals surface area contributed by atoms with Crippen molar-refractivity contribution in [2.45, 2.75) is 9.79 Å². The van der Waals surface area contributed by atoms with Crippen LogP contribution in [0.2, 0.25) is 0 Å². The molecule has 0 saturated heterocycles. The van der Waals surface area contributed by atoms with Crippen molar-refractivity contribution < 1.29 is 40.9 Å². The van der Waals surface area contributed by atoms with Crippen LogP contribution in [-0.2, 0) is 20.2 Å². The number of carboxylic acid groups (broad SMARTS) is 1. The van der Waals surface area contributed by atoms with Gasteiger partial charge in [-0.05, 0) is 6.07 Å². The van der Waals surface area contributed by atoms with E-state index >= 15 is 0 Å². The highest BCUT2D eigenvalue weighted by Gasteiger charge is 2.32. The molecule has 0 aromatic heterocycles. The largest absolute Gasteiger partial charge is 0.507 e. The Morgan fingerprint density at radius 3 is 1.94 bits per heavy atom. The highest BCUT2D eigenvalue weighted by Crippen LogP contribution is 2.30. The number of aromatic carboxylic acids is 1.